The molecule has 1 N–H and O–H groups in total. The van der Waals surface area contributed by atoms with Crippen molar-refractivity contribution in [3.63, 3.8) is 0 Å². The van der Waals surface area contributed by atoms with Gasteiger partial charge in [0.05, 0.1) is 40.9 Å². The molecule has 1 saturated heterocycles. The largest absolute Gasteiger partial charge is 0.569 e. The summed E-state index contributed by atoms with van der Waals surface area (Å²) in [6, 6.07) is 12.5. The Balaban J connectivity index is 1.28. The highest BCUT2D eigenvalue weighted by atomic mass is 32.2. The van der Waals surface area contributed by atoms with Crippen LogP contribution >= 0.6 is 0 Å². The van der Waals surface area contributed by atoms with Gasteiger partial charge in [0.15, 0.2) is 5.69 Å². The molecule has 1 atom stereocenters. The summed E-state index contributed by atoms with van der Waals surface area (Å²) in [5.41, 5.74) is -0.217. The van der Waals surface area contributed by atoms with Crippen LogP contribution in [0.5, 0.6) is 0 Å². The first-order valence-electron chi connectivity index (χ1n) is 15.3. The highest BCUT2D eigenvalue weighted by molar-refractivity contribution is 7.90. The molecular formula is C31H37F3N6O9S. The molecule has 15 nitrogen and oxygen atoms in total. The summed E-state index contributed by atoms with van der Waals surface area (Å²) in [4.78, 5) is 28.8. The molecule has 1 aliphatic rings. The third kappa shape index (κ3) is 10.5. The van der Waals surface area contributed by atoms with Gasteiger partial charge in [0.2, 0.25) is 5.28 Å². The van der Waals surface area contributed by atoms with Crippen molar-refractivity contribution >= 4 is 22.3 Å². The van der Waals surface area contributed by atoms with Crippen LogP contribution in [-0.4, -0.2) is 72.0 Å². The van der Waals surface area contributed by atoms with Crippen molar-refractivity contribution < 1.29 is 55.2 Å². The minimum Gasteiger partial charge on any atom is -0.569 e. The minimum absolute atomic E-state index is 0.135. The summed E-state index contributed by atoms with van der Waals surface area (Å²) >= 11 is 0. The van der Waals surface area contributed by atoms with Gasteiger partial charge >= 0.3 is 18.4 Å². The van der Waals surface area contributed by atoms with Gasteiger partial charge in [0.1, 0.15) is 5.60 Å². The number of sulfonamides is 1. The molecule has 3 aromatic rings. The SMILES string of the molecule is Cc1ccc(-c2cc(C(F)(F)F)nn2-c2ccc(S(=O)(=O)NC(=O)OCC3CCN(/[N+]([O-])=N/OC(C)OC(=O)OC(C)(C)C)CC3)cc2)cc1. The molecule has 2 heterocycles. The molecule has 2 aromatic carbocycles. The lowest BCUT2D eigenvalue weighted by atomic mass is 9.99. The van der Waals surface area contributed by atoms with E-state index in [9.17, 15) is 36.4 Å². The Bertz CT molecular complexity index is 1780. The van der Waals surface area contributed by atoms with Gasteiger partial charge in [0, 0.05) is 12.5 Å². The quantitative estimate of drug-likeness (QED) is 0.0840. The van der Waals surface area contributed by atoms with Gasteiger partial charge < -0.3 is 19.4 Å². The normalized spacial score (nSPS) is 15.3. The first-order chi connectivity index (χ1) is 23.3. The lowest BCUT2D eigenvalue weighted by Crippen LogP contribution is -2.40. The summed E-state index contributed by atoms with van der Waals surface area (Å²) in [5, 5.41) is 20.7. The van der Waals surface area contributed by atoms with E-state index >= 15 is 0 Å². The number of piperidine rings is 1. The van der Waals surface area contributed by atoms with Crippen LogP contribution in [0.15, 0.2) is 64.8 Å². The first-order valence-corrected chi connectivity index (χ1v) is 16.8. The fraction of sp³-hybridized carbons (Fsp3) is 0.452. The first kappa shape index (κ1) is 37.7. The Labute approximate surface area is 286 Å². The minimum atomic E-state index is -4.71. The van der Waals surface area contributed by atoms with E-state index in [1.54, 1.807) is 45.0 Å². The average molecular weight is 727 g/mol. The molecule has 0 radical (unpaired) electrons. The maximum absolute atomic E-state index is 13.5. The van der Waals surface area contributed by atoms with E-state index in [4.69, 9.17) is 19.0 Å². The molecule has 1 aliphatic heterocycles. The van der Waals surface area contributed by atoms with E-state index in [2.05, 4.69) is 10.4 Å². The van der Waals surface area contributed by atoms with Crippen LogP contribution in [0.1, 0.15) is 51.8 Å². The van der Waals surface area contributed by atoms with Crippen LogP contribution in [0, 0.1) is 18.0 Å². The van der Waals surface area contributed by atoms with E-state index in [0.29, 0.717) is 18.4 Å². The number of hydrogen-bond donors (Lipinski definition) is 1. The molecule has 1 fully saturated rings. The second-order valence-electron chi connectivity index (χ2n) is 12.4. The van der Waals surface area contributed by atoms with Crippen molar-refractivity contribution in [3.8, 4) is 16.9 Å². The van der Waals surface area contributed by atoms with E-state index in [-0.39, 0.29) is 46.9 Å². The van der Waals surface area contributed by atoms with Crippen molar-refractivity contribution in [3.05, 3.63) is 71.1 Å². The number of hydrogen-bond acceptors (Lipinski definition) is 11. The highest BCUT2D eigenvalue weighted by Gasteiger charge is 2.35. The number of benzene rings is 2. The Hall–Kier alpha value is -5.07. The zero-order valence-corrected chi connectivity index (χ0v) is 28.7. The Morgan fingerprint density at radius 2 is 1.70 bits per heavy atom. The molecule has 1 unspecified atom stereocenters. The van der Waals surface area contributed by atoms with Crippen molar-refractivity contribution in [2.45, 2.75) is 70.4 Å². The van der Waals surface area contributed by atoms with E-state index in [1.165, 1.54) is 24.1 Å². The molecule has 0 saturated carbocycles. The van der Waals surface area contributed by atoms with Crippen LogP contribution < -0.4 is 4.72 Å². The van der Waals surface area contributed by atoms with Crippen molar-refractivity contribution in [1.82, 2.24) is 19.5 Å². The maximum Gasteiger partial charge on any atom is 0.511 e. The van der Waals surface area contributed by atoms with Gasteiger partial charge in [-0.15, -0.1) is 5.01 Å². The number of hydrazine groups is 1. The summed E-state index contributed by atoms with van der Waals surface area (Å²) in [6.45, 7) is 8.44. The van der Waals surface area contributed by atoms with Crippen molar-refractivity contribution in [2.75, 3.05) is 19.7 Å². The second kappa shape index (κ2) is 15.2. The molecule has 0 aliphatic carbocycles. The topological polar surface area (TPSA) is 177 Å². The van der Waals surface area contributed by atoms with Crippen LogP contribution in [-0.2, 0) is 35.2 Å². The molecule has 1 aromatic heterocycles. The summed E-state index contributed by atoms with van der Waals surface area (Å²) < 4.78 is 84.1. The van der Waals surface area contributed by atoms with Gasteiger partial charge in [-0.05, 0) is 76.8 Å². The molecule has 1 amide bonds. The van der Waals surface area contributed by atoms with E-state index in [1.807, 2.05) is 11.6 Å². The summed E-state index contributed by atoms with van der Waals surface area (Å²) in [6.07, 6.45) is -7.33. The highest BCUT2D eigenvalue weighted by Crippen LogP contribution is 2.33. The number of rotatable bonds is 10. The van der Waals surface area contributed by atoms with E-state index < -0.39 is 46.0 Å². The van der Waals surface area contributed by atoms with Gasteiger partial charge in [-0.1, -0.05) is 29.8 Å². The Kier molecular flexibility index (Phi) is 11.5. The van der Waals surface area contributed by atoms with Gasteiger partial charge in [-0.2, -0.15) is 18.3 Å². The standard InChI is InChI=1S/C31H37F3N6O9S/c1-20-6-8-23(9-7-20)26-18-27(31(32,33)34)35-39(26)24-10-12-25(13-11-24)50(44,45)36-28(41)46-19-22-14-16-38(17-15-22)40(43)37-49-21(2)47-29(42)48-30(3,4)5/h6-13,18,21-22H,14-17,19H2,1-5H3,(H,36,41)/b40-37-. The van der Waals surface area contributed by atoms with Crippen LogP contribution in [0.3, 0.4) is 0 Å². The van der Waals surface area contributed by atoms with Crippen molar-refractivity contribution in [1.29, 1.82) is 0 Å². The Morgan fingerprint density at radius 3 is 2.28 bits per heavy atom. The molecule has 0 bridgehead atoms. The van der Waals surface area contributed by atoms with Crippen molar-refractivity contribution in [2.24, 2.45) is 11.2 Å². The number of alkyl halides is 3. The fourth-order valence-corrected chi connectivity index (χ4v) is 5.54. The summed E-state index contributed by atoms with van der Waals surface area (Å²) in [7, 11) is -4.40. The number of carbonyl (C=O) groups is 2. The van der Waals surface area contributed by atoms with Crippen LogP contribution in [0.2, 0.25) is 0 Å². The Morgan fingerprint density at radius 1 is 1.08 bits per heavy atom. The molecule has 4 rings (SSSR count). The number of nitrogens with one attached hydrogen (secondary N) is 1. The number of amides is 1. The zero-order valence-electron chi connectivity index (χ0n) is 27.8. The summed E-state index contributed by atoms with van der Waals surface area (Å²) in [5.74, 6) is -0.193. The lowest BCUT2D eigenvalue weighted by molar-refractivity contribution is -0.715. The number of aromatic nitrogens is 2. The molecule has 0 spiro atoms. The monoisotopic (exact) mass is 726 g/mol. The van der Waals surface area contributed by atoms with Crippen LogP contribution in [0.25, 0.3) is 16.9 Å². The number of ether oxygens (including phenoxy) is 3. The molecule has 272 valence electrons. The van der Waals surface area contributed by atoms with Gasteiger partial charge in [-0.25, -0.2) is 27.4 Å². The maximum atomic E-state index is 13.5. The third-order valence-electron chi connectivity index (χ3n) is 7.16. The van der Waals surface area contributed by atoms with Gasteiger partial charge in [-0.3, -0.25) is 4.84 Å². The molecule has 50 heavy (non-hydrogen) atoms. The number of halogens is 3. The molecular weight excluding hydrogens is 689 g/mol. The lowest BCUT2D eigenvalue weighted by Gasteiger charge is -2.27. The smallest absolute Gasteiger partial charge is 0.511 e. The number of aryl methyl sites for hydroxylation is 1. The number of nitrogens with zero attached hydrogens (tertiary/aromatic N) is 5. The van der Waals surface area contributed by atoms with E-state index in [0.717, 1.165) is 28.4 Å². The third-order valence-corrected chi connectivity index (χ3v) is 8.48. The predicted molar refractivity (Wildman–Crippen MR) is 169 cm³/mol. The van der Waals surface area contributed by atoms with Gasteiger partial charge in [0.25, 0.3) is 16.3 Å². The van der Waals surface area contributed by atoms with Crippen LogP contribution in [0.4, 0.5) is 22.8 Å². The second-order valence-corrected chi connectivity index (χ2v) is 14.1. The molecule has 19 heteroatoms. The number of carbonyl (C=O) groups excluding carboxylic acids is 2. The zero-order chi connectivity index (χ0) is 36.9. The average Bonchev–Trinajstić information content (AvgIpc) is 3.49. The fourth-order valence-electron chi connectivity index (χ4n) is 4.65. The predicted octanol–water partition coefficient (Wildman–Crippen LogP) is 6.10.